The van der Waals surface area contributed by atoms with Crippen LogP contribution in [-0.4, -0.2) is 4.43 Å². The summed E-state index contributed by atoms with van der Waals surface area (Å²) in [7, 11) is 0. The van der Waals surface area contributed by atoms with Gasteiger partial charge in [0, 0.05) is 4.43 Å². The van der Waals surface area contributed by atoms with Gasteiger partial charge in [0.25, 0.3) is 0 Å². The molecule has 0 radical (unpaired) electrons. The van der Waals surface area contributed by atoms with Gasteiger partial charge in [0.1, 0.15) is 0 Å². The molecular formula is C5H9I. The van der Waals surface area contributed by atoms with Crippen LogP contribution in [0.5, 0.6) is 0 Å². The Morgan fingerprint density at radius 2 is 2.17 bits per heavy atom. The lowest BCUT2D eigenvalue weighted by Gasteiger charge is -1.71. The Balaban J connectivity index is 2.73. The monoisotopic (exact) mass is 196 g/mol. The van der Waals surface area contributed by atoms with Crippen molar-refractivity contribution in [3.05, 3.63) is 12.2 Å². The molecule has 0 aromatic heterocycles. The minimum absolute atomic E-state index is 1.14. The van der Waals surface area contributed by atoms with Crippen LogP contribution >= 0.6 is 22.6 Å². The molecule has 6 heavy (non-hydrogen) atoms. The second-order valence-electron chi connectivity index (χ2n) is 1.03. The molecular weight excluding hydrogens is 187 g/mol. The summed E-state index contributed by atoms with van der Waals surface area (Å²) in [5.74, 6) is 0. The van der Waals surface area contributed by atoms with Crippen molar-refractivity contribution in [3.8, 4) is 0 Å². The third-order valence-corrected chi connectivity index (χ3v) is 1.000. The first-order chi connectivity index (χ1) is 2.91. The topological polar surface area (TPSA) is 0 Å². The fourth-order valence-electron chi connectivity index (χ4n) is 0.230. The summed E-state index contributed by atoms with van der Waals surface area (Å²) >= 11 is 2.32. The molecule has 0 aliphatic rings. The zero-order valence-electron chi connectivity index (χ0n) is 3.95. The first kappa shape index (κ1) is 6.47. The predicted molar refractivity (Wildman–Crippen MR) is 38.3 cm³/mol. The standard InChI is InChI=1S/C5H9I/c1-2-3-4-5-6/h3-4H,2,5H2,1H3/b4-3-. The number of halogens is 1. The van der Waals surface area contributed by atoms with Gasteiger partial charge in [0.15, 0.2) is 0 Å². The highest BCUT2D eigenvalue weighted by molar-refractivity contribution is 14.1. The maximum absolute atomic E-state index is 2.32. The minimum Gasteiger partial charge on any atom is -0.0880 e. The van der Waals surface area contributed by atoms with E-state index in [-0.39, 0.29) is 0 Å². The van der Waals surface area contributed by atoms with E-state index in [0.717, 1.165) is 4.43 Å². The summed E-state index contributed by atoms with van der Waals surface area (Å²) in [5, 5.41) is 0. The number of allylic oxidation sites excluding steroid dienone is 2. The summed E-state index contributed by atoms with van der Waals surface area (Å²) in [4.78, 5) is 0. The minimum atomic E-state index is 1.14. The average Bonchev–Trinajstić information content (AvgIpc) is 1.61. The van der Waals surface area contributed by atoms with Crippen molar-refractivity contribution >= 4 is 22.6 Å². The van der Waals surface area contributed by atoms with Crippen LogP contribution in [0.15, 0.2) is 12.2 Å². The van der Waals surface area contributed by atoms with E-state index in [1.807, 2.05) is 0 Å². The van der Waals surface area contributed by atoms with Gasteiger partial charge in [-0.25, -0.2) is 0 Å². The molecule has 0 unspecified atom stereocenters. The number of alkyl halides is 1. The molecule has 1 heteroatoms. The Hall–Kier alpha value is 0.470. The average molecular weight is 196 g/mol. The predicted octanol–water partition coefficient (Wildman–Crippen LogP) is 2.39. The molecule has 36 valence electrons. The maximum Gasteiger partial charge on any atom is 0.0175 e. The van der Waals surface area contributed by atoms with Crippen LogP contribution in [0.4, 0.5) is 0 Å². The van der Waals surface area contributed by atoms with Crippen LogP contribution < -0.4 is 0 Å². The van der Waals surface area contributed by atoms with Crippen molar-refractivity contribution in [2.75, 3.05) is 4.43 Å². The van der Waals surface area contributed by atoms with Crippen LogP contribution in [0.1, 0.15) is 13.3 Å². The second-order valence-corrected chi connectivity index (χ2v) is 1.91. The molecule has 0 aromatic rings. The molecule has 0 nitrogen and oxygen atoms in total. The lowest BCUT2D eigenvalue weighted by molar-refractivity contribution is 1.22. The first-order valence-electron chi connectivity index (χ1n) is 2.12. The Morgan fingerprint density at radius 1 is 1.50 bits per heavy atom. The van der Waals surface area contributed by atoms with E-state index < -0.39 is 0 Å². The molecule has 0 rings (SSSR count). The maximum atomic E-state index is 2.32. The fourth-order valence-corrected chi connectivity index (χ4v) is 0.589. The normalized spacial score (nSPS) is 10.3. The van der Waals surface area contributed by atoms with E-state index in [4.69, 9.17) is 0 Å². The van der Waals surface area contributed by atoms with Gasteiger partial charge in [-0.2, -0.15) is 0 Å². The molecule has 0 spiro atoms. The number of hydrogen-bond donors (Lipinski definition) is 0. The molecule has 0 bridgehead atoms. The number of hydrogen-bond acceptors (Lipinski definition) is 0. The van der Waals surface area contributed by atoms with Gasteiger partial charge in [-0.05, 0) is 6.42 Å². The highest BCUT2D eigenvalue weighted by Crippen LogP contribution is 1.83. The van der Waals surface area contributed by atoms with Gasteiger partial charge in [-0.1, -0.05) is 41.7 Å². The van der Waals surface area contributed by atoms with E-state index in [9.17, 15) is 0 Å². The van der Waals surface area contributed by atoms with E-state index in [1.54, 1.807) is 0 Å². The van der Waals surface area contributed by atoms with Crippen molar-refractivity contribution < 1.29 is 0 Å². The van der Waals surface area contributed by atoms with Crippen molar-refractivity contribution in [3.63, 3.8) is 0 Å². The van der Waals surface area contributed by atoms with E-state index in [1.165, 1.54) is 6.42 Å². The molecule has 0 heterocycles. The Kier molecular flexibility index (Phi) is 5.90. The molecule has 0 atom stereocenters. The summed E-state index contributed by atoms with van der Waals surface area (Å²) in [5.41, 5.74) is 0. The van der Waals surface area contributed by atoms with Crippen molar-refractivity contribution in [2.45, 2.75) is 13.3 Å². The van der Waals surface area contributed by atoms with Crippen LogP contribution in [0.25, 0.3) is 0 Å². The van der Waals surface area contributed by atoms with Crippen LogP contribution in [-0.2, 0) is 0 Å². The Labute approximate surface area is 52.8 Å². The van der Waals surface area contributed by atoms with Gasteiger partial charge in [0.05, 0.1) is 0 Å². The van der Waals surface area contributed by atoms with E-state index in [0.29, 0.717) is 0 Å². The molecule has 0 aromatic carbocycles. The quantitative estimate of drug-likeness (QED) is 0.361. The van der Waals surface area contributed by atoms with Crippen LogP contribution in [0.3, 0.4) is 0 Å². The molecule has 0 aliphatic carbocycles. The lowest BCUT2D eigenvalue weighted by atomic mass is 10.4. The largest absolute Gasteiger partial charge is 0.0880 e. The first-order valence-corrected chi connectivity index (χ1v) is 3.65. The molecule has 0 N–H and O–H groups in total. The summed E-state index contributed by atoms with van der Waals surface area (Å²) in [6, 6.07) is 0. The molecule has 0 amide bonds. The smallest absolute Gasteiger partial charge is 0.0175 e. The zero-order valence-corrected chi connectivity index (χ0v) is 6.10. The van der Waals surface area contributed by atoms with Crippen LogP contribution in [0.2, 0.25) is 0 Å². The SMILES string of the molecule is CC/C=C\CI. The van der Waals surface area contributed by atoms with Crippen LogP contribution in [0, 0.1) is 0 Å². The summed E-state index contributed by atoms with van der Waals surface area (Å²) < 4.78 is 1.14. The highest BCUT2D eigenvalue weighted by atomic mass is 127. The summed E-state index contributed by atoms with van der Waals surface area (Å²) in [6.07, 6.45) is 5.51. The number of rotatable bonds is 2. The van der Waals surface area contributed by atoms with Gasteiger partial charge >= 0.3 is 0 Å². The summed E-state index contributed by atoms with van der Waals surface area (Å²) in [6.45, 7) is 2.14. The highest BCUT2D eigenvalue weighted by Gasteiger charge is 1.61. The molecule has 0 aliphatic heterocycles. The van der Waals surface area contributed by atoms with Crippen molar-refractivity contribution in [2.24, 2.45) is 0 Å². The second kappa shape index (κ2) is 5.47. The van der Waals surface area contributed by atoms with Crippen molar-refractivity contribution in [1.82, 2.24) is 0 Å². The van der Waals surface area contributed by atoms with Gasteiger partial charge < -0.3 is 0 Å². The third-order valence-electron chi connectivity index (χ3n) is 0.491. The fraction of sp³-hybridized carbons (Fsp3) is 0.600. The molecule has 0 saturated carbocycles. The Morgan fingerprint density at radius 3 is 2.33 bits per heavy atom. The molecule has 0 fully saturated rings. The van der Waals surface area contributed by atoms with Crippen molar-refractivity contribution in [1.29, 1.82) is 0 Å². The van der Waals surface area contributed by atoms with Gasteiger partial charge in [-0.15, -0.1) is 0 Å². The van der Waals surface area contributed by atoms with E-state index >= 15 is 0 Å². The van der Waals surface area contributed by atoms with Gasteiger partial charge in [-0.3, -0.25) is 0 Å². The Bertz CT molecular complexity index is 33.2. The van der Waals surface area contributed by atoms with Gasteiger partial charge in [0.2, 0.25) is 0 Å². The van der Waals surface area contributed by atoms with E-state index in [2.05, 4.69) is 41.7 Å². The zero-order chi connectivity index (χ0) is 4.83. The lowest BCUT2D eigenvalue weighted by Crippen LogP contribution is -1.55. The third kappa shape index (κ3) is 4.47. The molecule has 0 saturated heterocycles.